The first-order chi connectivity index (χ1) is 14.1. The molecule has 0 aliphatic rings. The highest BCUT2D eigenvalue weighted by atomic mass is 79.9. The van der Waals surface area contributed by atoms with Gasteiger partial charge < -0.3 is 9.47 Å². The molecule has 0 saturated heterocycles. The fourth-order valence-corrected chi connectivity index (χ4v) is 3.21. The normalized spacial score (nSPS) is 10.7. The molecule has 7 heteroatoms. The molecule has 1 amide bonds. The second-order valence-electron chi connectivity index (χ2n) is 6.08. The van der Waals surface area contributed by atoms with E-state index in [-0.39, 0.29) is 6.42 Å². The van der Waals surface area contributed by atoms with E-state index >= 15 is 0 Å². The van der Waals surface area contributed by atoms with E-state index < -0.39 is 5.91 Å². The molecule has 3 rings (SSSR count). The highest BCUT2D eigenvalue weighted by molar-refractivity contribution is 9.10. The van der Waals surface area contributed by atoms with Gasteiger partial charge in [0, 0.05) is 10.0 Å². The van der Waals surface area contributed by atoms with E-state index in [1.54, 1.807) is 25.3 Å². The van der Waals surface area contributed by atoms with Crippen LogP contribution in [0.4, 0.5) is 0 Å². The third kappa shape index (κ3) is 5.12. The lowest BCUT2D eigenvalue weighted by Crippen LogP contribution is -2.16. The summed E-state index contributed by atoms with van der Waals surface area (Å²) in [7, 11) is 1.56. The Morgan fingerprint density at radius 1 is 1.21 bits per heavy atom. The Morgan fingerprint density at radius 3 is 2.79 bits per heavy atom. The second-order valence-corrected chi connectivity index (χ2v) is 6.93. The number of carbonyl (C=O) groups is 1. The van der Waals surface area contributed by atoms with Crippen LogP contribution >= 0.6 is 15.9 Å². The Kier molecular flexibility index (Phi) is 6.82. The predicted octanol–water partition coefficient (Wildman–Crippen LogP) is 4.55. The minimum absolute atomic E-state index is 0.247. The van der Waals surface area contributed by atoms with E-state index in [2.05, 4.69) is 44.7 Å². The molecule has 0 bridgehead atoms. The van der Waals surface area contributed by atoms with Crippen molar-refractivity contribution in [1.29, 1.82) is 5.26 Å². The Hall–Kier alpha value is -3.37. The summed E-state index contributed by atoms with van der Waals surface area (Å²) in [6.07, 6.45) is 1.22. The molecular formula is C22H18BrN3O3. The Labute approximate surface area is 176 Å². The third-order valence-electron chi connectivity index (χ3n) is 4.18. The van der Waals surface area contributed by atoms with Gasteiger partial charge in [-0.3, -0.25) is 4.79 Å². The number of rotatable bonds is 7. The van der Waals surface area contributed by atoms with Crippen LogP contribution in [0.1, 0.15) is 17.5 Å². The largest absolute Gasteiger partial charge is 0.493 e. The van der Waals surface area contributed by atoms with E-state index in [9.17, 15) is 4.79 Å². The van der Waals surface area contributed by atoms with Gasteiger partial charge in [0.2, 0.25) is 0 Å². The minimum atomic E-state index is -0.470. The summed E-state index contributed by atoms with van der Waals surface area (Å²) < 4.78 is 12.2. The van der Waals surface area contributed by atoms with Crippen LogP contribution in [-0.4, -0.2) is 19.2 Å². The smallest absolute Gasteiger partial charge is 0.254 e. The first-order valence-corrected chi connectivity index (χ1v) is 9.57. The van der Waals surface area contributed by atoms with Crippen molar-refractivity contribution < 1.29 is 14.3 Å². The van der Waals surface area contributed by atoms with Crippen LogP contribution in [0.25, 0.3) is 10.8 Å². The standard InChI is InChI=1S/C22H18BrN3O3/c1-28-20-11-17(13-25-26-22(27)9-10-24)19(23)12-21(20)29-14-16-7-4-6-15-5-2-3-8-18(15)16/h2-8,11-13H,9,14H2,1H3,(H,26,27)/b25-13+. The zero-order chi connectivity index (χ0) is 20.6. The number of halogens is 1. The van der Waals surface area contributed by atoms with Crippen molar-refractivity contribution in [1.82, 2.24) is 5.43 Å². The van der Waals surface area contributed by atoms with Crippen LogP contribution in [-0.2, 0) is 11.4 Å². The number of amides is 1. The lowest BCUT2D eigenvalue weighted by molar-refractivity contribution is -0.120. The van der Waals surface area contributed by atoms with Gasteiger partial charge in [-0.1, -0.05) is 42.5 Å². The molecule has 29 heavy (non-hydrogen) atoms. The van der Waals surface area contributed by atoms with E-state index in [1.807, 2.05) is 24.3 Å². The maximum atomic E-state index is 11.3. The number of ether oxygens (including phenoxy) is 2. The van der Waals surface area contributed by atoms with Crippen LogP contribution in [0, 0.1) is 11.3 Å². The number of nitrogens with one attached hydrogen (secondary N) is 1. The number of nitriles is 1. The van der Waals surface area contributed by atoms with Crippen molar-refractivity contribution >= 4 is 38.8 Å². The Bertz CT molecular complexity index is 1100. The quantitative estimate of drug-likeness (QED) is 0.421. The van der Waals surface area contributed by atoms with Crippen molar-refractivity contribution in [2.45, 2.75) is 13.0 Å². The first-order valence-electron chi connectivity index (χ1n) is 8.78. The number of nitrogens with zero attached hydrogens (tertiary/aromatic N) is 2. The number of carbonyl (C=O) groups excluding carboxylic acids is 1. The van der Waals surface area contributed by atoms with Crippen molar-refractivity contribution in [3.05, 3.63) is 70.2 Å². The second kappa shape index (κ2) is 9.71. The van der Waals surface area contributed by atoms with Gasteiger partial charge >= 0.3 is 0 Å². The molecule has 0 aliphatic heterocycles. The van der Waals surface area contributed by atoms with Gasteiger partial charge in [-0.2, -0.15) is 10.4 Å². The van der Waals surface area contributed by atoms with E-state index in [0.717, 1.165) is 20.8 Å². The summed E-state index contributed by atoms with van der Waals surface area (Å²) in [6.45, 7) is 0.391. The number of hydrazone groups is 1. The maximum absolute atomic E-state index is 11.3. The molecule has 0 aliphatic carbocycles. The summed E-state index contributed by atoms with van der Waals surface area (Å²) in [6, 6.07) is 19.6. The number of benzene rings is 3. The lowest BCUT2D eigenvalue weighted by Gasteiger charge is -2.14. The van der Waals surface area contributed by atoms with Crippen LogP contribution < -0.4 is 14.9 Å². The van der Waals surface area contributed by atoms with Crippen molar-refractivity contribution in [3.8, 4) is 17.6 Å². The number of fused-ring (bicyclic) bond motifs is 1. The summed E-state index contributed by atoms with van der Waals surface area (Å²) in [4.78, 5) is 11.3. The molecule has 0 aromatic heterocycles. The zero-order valence-corrected chi connectivity index (χ0v) is 17.3. The third-order valence-corrected chi connectivity index (χ3v) is 4.87. The molecule has 0 heterocycles. The fraction of sp³-hybridized carbons (Fsp3) is 0.136. The number of hydrogen-bond donors (Lipinski definition) is 1. The van der Waals surface area contributed by atoms with Crippen LogP contribution in [0.2, 0.25) is 0 Å². The highest BCUT2D eigenvalue weighted by Crippen LogP contribution is 2.34. The fourth-order valence-electron chi connectivity index (χ4n) is 2.78. The summed E-state index contributed by atoms with van der Waals surface area (Å²) in [5, 5.41) is 14.6. The predicted molar refractivity (Wildman–Crippen MR) is 115 cm³/mol. The van der Waals surface area contributed by atoms with Gasteiger partial charge in [0.05, 0.1) is 19.4 Å². The van der Waals surface area contributed by atoms with Crippen LogP contribution in [0.15, 0.2) is 64.2 Å². The maximum Gasteiger partial charge on any atom is 0.254 e. The van der Waals surface area contributed by atoms with Gasteiger partial charge in [-0.05, 0) is 44.4 Å². The molecule has 1 N–H and O–H groups in total. The molecule has 3 aromatic carbocycles. The zero-order valence-electron chi connectivity index (χ0n) is 15.7. The Balaban J connectivity index is 1.78. The van der Waals surface area contributed by atoms with Crippen molar-refractivity contribution in [2.24, 2.45) is 5.10 Å². The molecule has 146 valence electrons. The molecule has 0 saturated carbocycles. The van der Waals surface area contributed by atoms with Crippen molar-refractivity contribution in [3.63, 3.8) is 0 Å². The summed E-state index contributed by atoms with van der Waals surface area (Å²) in [5.74, 6) is 0.651. The van der Waals surface area contributed by atoms with Crippen LogP contribution in [0.3, 0.4) is 0 Å². The SMILES string of the molecule is COc1cc(/C=N/NC(=O)CC#N)c(Br)cc1OCc1cccc2ccccc12. The minimum Gasteiger partial charge on any atom is -0.493 e. The van der Waals surface area contributed by atoms with Gasteiger partial charge in [0.25, 0.3) is 5.91 Å². The molecule has 3 aromatic rings. The van der Waals surface area contributed by atoms with Crippen LogP contribution in [0.5, 0.6) is 11.5 Å². The molecule has 0 radical (unpaired) electrons. The van der Waals surface area contributed by atoms with E-state index in [1.165, 1.54) is 6.21 Å². The molecule has 0 spiro atoms. The first kappa shape index (κ1) is 20.4. The van der Waals surface area contributed by atoms with E-state index in [0.29, 0.717) is 23.7 Å². The lowest BCUT2D eigenvalue weighted by atomic mass is 10.1. The molecule has 0 atom stereocenters. The van der Waals surface area contributed by atoms with Gasteiger partial charge in [-0.15, -0.1) is 0 Å². The number of hydrogen-bond acceptors (Lipinski definition) is 5. The van der Waals surface area contributed by atoms with Gasteiger partial charge in [-0.25, -0.2) is 5.43 Å². The Morgan fingerprint density at radius 2 is 2.00 bits per heavy atom. The monoisotopic (exact) mass is 451 g/mol. The molecule has 0 unspecified atom stereocenters. The molecule has 6 nitrogen and oxygen atoms in total. The van der Waals surface area contributed by atoms with E-state index in [4.69, 9.17) is 14.7 Å². The molecular weight excluding hydrogens is 434 g/mol. The summed E-state index contributed by atoms with van der Waals surface area (Å²) in [5.41, 5.74) is 4.06. The highest BCUT2D eigenvalue weighted by Gasteiger charge is 2.11. The van der Waals surface area contributed by atoms with Gasteiger partial charge in [0.1, 0.15) is 13.0 Å². The topological polar surface area (TPSA) is 83.7 Å². The van der Waals surface area contributed by atoms with Crippen molar-refractivity contribution in [2.75, 3.05) is 7.11 Å². The average Bonchev–Trinajstić information content (AvgIpc) is 2.73. The summed E-state index contributed by atoms with van der Waals surface area (Å²) >= 11 is 3.48. The molecule has 0 fully saturated rings. The average molecular weight is 452 g/mol. The number of methoxy groups -OCH3 is 1. The van der Waals surface area contributed by atoms with Gasteiger partial charge in [0.15, 0.2) is 11.5 Å².